The summed E-state index contributed by atoms with van der Waals surface area (Å²) in [6.07, 6.45) is 1.99. The lowest BCUT2D eigenvalue weighted by Crippen LogP contribution is -2.07. The van der Waals surface area contributed by atoms with Crippen molar-refractivity contribution in [1.82, 2.24) is 10.2 Å². The van der Waals surface area contributed by atoms with Gasteiger partial charge in [0.25, 0.3) is 0 Å². The summed E-state index contributed by atoms with van der Waals surface area (Å²) in [6, 6.07) is 3.92. The monoisotopic (exact) mass is 323 g/mol. The minimum atomic E-state index is 0.204. The molecule has 0 aliphatic rings. The molecule has 0 spiro atoms. The van der Waals surface area contributed by atoms with Gasteiger partial charge in [0.15, 0.2) is 8.68 Å². The van der Waals surface area contributed by atoms with Crippen LogP contribution in [-0.2, 0) is 0 Å². The number of rotatable bonds is 5. The molecule has 92 valence electrons. The van der Waals surface area contributed by atoms with Crippen molar-refractivity contribution in [3.05, 3.63) is 21.3 Å². The van der Waals surface area contributed by atoms with Gasteiger partial charge in [0.1, 0.15) is 0 Å². The van der Waals surface area contributed by atoms with Gasteiger partial charge in [-0.05, 0) is 18.4 Å². The lowest BCUT2D eigenvalue weighted by atomic mass is 10.3. The van der Waals surface area contributed by atoms with E-state index in [1.807, 2.05) is 18.4 Å². The van der Waals surface area contributed by atoms with Gasteiger partial charge >= 0.3 is 0 Å². The first kappa shape index (κ1) is 13.6. The van der Waals surface area contributed by atoms with Gasteiger partial charge in [0.05, 0.1) is 9.59 Å². The summed E-state index contributed by atoms with van der Waals surface area (Å²) in [5.74, 6) is 0. The van der Waals surface area contributed by atoms with Crippen LogP contribution < -0.4 is 5.73 Å². The van der Waals surface area contributed by atoms with E-state index in [9.17, 15) is 0 Å². The third-order valence-corrected chi connectivity index (χ3v) is 6.67. The number of halogens is 1. The zero-order valence-electron chi connectivity index (χ0n) is 8.92. The first-order valence-corrected chi connectivity index (χ1v) is 8.84. The average Bonchev–Trinajstić information content (AvgIpc) is 2.94. The van der Waals surface area contributed by atoms with Crippen LogP contribution in [0.5, 0.6) is 0 Å². The van der Waals surface area contributed by atoms with Crippen LogP contribution in [0.15, 0.2) is 20.8 Å². The van der Waals surface area contributed by atoms with Gasteiger partial charge in [0.2, 0.25) is 0 Å². The Morgan fingerprint density at radius 2 is 2.12 bits per heavy atom. The topological polar surface area (TPSA) is 51.8 Å². The molecule has 2 aromatic heterocycles. The Morgan fingerprint density at radius 1 is 1.35 bits per heavy atom. The fourth-order valence-electron chi connectivity index (χ4n) is 1.17. The van der Waals surface area contributed by atoms with Crippen molar-refractivity contribution in [2.75, 3.05) is 12.8 Å². The van der Waals surface area contributed by atoms with Gasteiger partial charge in [-0.25, -0.2) is 0 Å². The van der Waals surface area contributed by atoms with E-state index in [2.05, 4.69) is 10.2 Å². The van der Waals surface area contributed by atoms with E-state index in [0.29, 0.717) is 6.54 Å². The van der Waals surface area contributed by atoms with Crippen LogP contribution in [0.25, 0.3) is 0 Å². The molecule has 0 amide bonds. The van der Waals surface area contributed by atoms with Gasteiger partial charge in [-0.15, -0.1) is 21.5 Å². The minimum absolute atomic E-state index is 0.204. The van der Waals surface area contributed by atoms with Gasteiger partial charge in [-0.1, -0.05) is 46.5 Å². The molecular weight excluding hydrogens is 314 g/mol. The van der Waals surface area contributed by atoms with E-state index in [-0.39, 0.29) is 5.25 Å². The summed E-state index contributed by atoms with van der Waals surface area (Å²) in [5.41, 5.74) is 5.80. The molecule has 1 atom stereocenters. The minimum Gasteiger partial charge on any atom is -0.329 e. The summed E-state index contributed by atoms with van der Waals surface area (Å²) in [6.45, 7) is 0.565. The summed E-state index contributed by atoms with van der Waals surface area (Å²) >= 11 is 12.4. The molecule has 2 aromatic rings. The van der Waals surface area contributed by atoms with Crippen molar-refractivity contribution in [1.29, 1.82) is 0 Å². The predicted molar refractivity (Wildman–Crippen MR) is 78.7 cm³/mol. The molecule has 2 rings (SSSR count). The third-order valence-electron chi connectivity index (χ3n) is 1.93. The second kappa shape index (κ2) is 6.40. The van der Waals surface area contributed by atoms with Crippen LogP contribution in [0.1, 0.15) is 10.1 Å². The standard InChI is InChI=1S/C9H10ClN3S4/c1-14-8-12-13-9(17-8)16-6(4-11)5-2-3-7(10)15-5/h2-3,6H,4,11H2,1H3. The van der Waals surface area contributed by atoms with E-state index in [0.717, 1.165) is 13.0 Å². The highest BCUT2D eigenvalue weighted by atomic mass is 35.5. The Morgan fingerprint density at radius 3 is 2.65 bits per heavy atom. The molecule has 0 saturated heterocycles. The van der Waals surface area contributed by atoms with E-state index in [4.69, 9.17) is 17.3 Å². The van der Waals surface area contributed by atoms with Crippen LogP contribution in [0.3, 0.4) is 0 Å². The second-order valence-electron chi connectivity index (χ2n) is 3.02. The van der Waals surface area contributed by atoms with Gasteiger partial charge in [-0.3, -0.25) is 0 Å². The Labute approximate surface area is 121 Å². The highest BCUT2D eigenvalue weighted by Gasteiger charge is 2.16. The highest BCUT2D eigenvalue weighted by molar-refractivity contribution is 8.03. The maximum absolute atomic E-state index is 5.93. The molecule has 0 aromatic carbocycles. The lowest BCUT2D eigenvalue weighted by Gasteiger charge is -2.09. The molecule has 0 fully saturated rings. The fraction of sp³-hybridized carbons (Fsp3) is 0.333. The van der Waals surface area contributed by atoms with Gasteiger partial charge in [-0.2, -0.15) is 0 Å². The number of hydrogen-bond donors (Lipinski definition) is 1. The summed E-state index contributed by atoms with van der Waals surface area (Å²) in [4.78, 5) is 1.18. The van der Waals surface area contributed by atoms with Crippen LogP contribution >= 0.6 is 57.8 Å². The zero-order chi connectivity index (χ0) is 12.3. The summed E-state index contributed by atoms with van der Waals surface area (Å²) < 4.78 is 2.72. The van der Waals surface area contributed by atoms with Crippen molar-refractivity contribution in [2.24, 2.45) is 5.73 Å². The maximum atomic E-state index is 5.93. The van der Waals surface area contributed by atoms with Crippen molar-refractivity contribution >= 4 is 57.8 Å². The number of hydrogen-bond acceptors (Lipinski definition) is 7. The smallest absolute Gasteiger partial charge is 0.175 e. The van der Waals surface area contributed by atoms with Crippen molar-refractivity contribution in [2.45, 2.75) is 13.9 Å². The van der Waals surface area contributed by atoms with Crippen LogP contribution in [0, 0.1) is 0 Å². The molecule has 3 nitrogen and oxygen atoms in total. The van der Waals surface area contributed by atoms with Crippen LogP contribution in [-0.4, -0.2) is 23.0 Å². The molecule has 0 aliphatic heterocycles. The molecule has 0 radical (unpaired) electrons. The third kappa shape index (κ3) is 3.59. The molecule has 1 unspecified atom stereocenters. The molecule has 0 saturated carbocycles. The first-order valence-electron chi connectivity index (χ1n) is 4.72. The molecule has 17 heavy (non-hydrogen) atoms. The Hall–Kier alpha value is 0.210. The molecular formula is C9H10ClN3S4. The largest absolute Gasteiger partial charge is 0.329 e. The van der Waals surface area contributed by atoms with Gasteiger partial charge < -0.3 is 5.73 Å². The quantitative estimate of drug-likeness (QED) is 0.849. The SMILES string of the molecule is CSc1nnc(SC(CN)c2ccc(Cl)s2)s1. The summed E-state index contributed by atoms with van der Waals surface area (Å²) in [5, 5.41) is 8.41. The van der Waals surface area contributed by atoms with Crippen molar-refractivity contribution < 1.29 is 0 Å². The normalized spacial score (nSPS) is 12.9. The maximum Gasteiger partial charge on any atom is 0.175 e. The molecule has 0 aliphatic carbocycles. The van der Waals surface area contributed by atoms with Crippen LogP contribution in [0.2, 0.25) is 4.34 Å². The number of nitrogens with two attached hydrogens (primary N) is 1. The first-order chi connectivity index (χ1) is 8.22. The Balaban J connectivity index is 2.09. The van der Waals surface area contributed by atoms with Crippen LogP contribution in [0.4, 0.5) is 0 Å². The highest BCUT2D eigenvalue weighted by Crippen LogP contribution is 2.40. The molecule has 2 heterocycles. The van der Waals surface area contributed by atoms with E-state index in [1.165, 1.54) is 4.88 Å². The Kier molecular flexibility index (Phi) is 5.13. The molecule has 0 bridgehead atoms. The number of thiophene rings is 1. The van der Waals surface area contributed by atoms with Crippen molar-refractivity contribution in [3.63, 3.8) is 0 Å². The second-order valence-corrected chi connectivity index (χ2v) is 8.25. The Bertz CT molecular complexity index is 484. The summed E-state index contributed by atoms with van der Waals surface area (Å²) in [7, 11) is 0. The number of nitrogens with zero attached hydrogens (tertiary/aromatic N) is 2. The van der Waals surface area contributed by atoms with Gasteiger partial charge in [0, 0.05) is 11.4 Å². The lowest BCUT2D eigenvalue weighted by molar-refractivity contribution is 0.931. The fourth-order valence-corrected chi connectivity index (χ4v) is 5.08. The average molecular weight is 324 g/mol. The zero-order valence-corrected chi connectivity index (χ0v) is 12.9. The van der Waals surface area contributed by atoms with E-state index < -0.39 is 0 Å². The molecule has 8 heteroatoms. The van der Waals surface area contributed by atoms with E-state index in [1.54, 1.807) is 46.2 Å². The van der Waals surface area contributed by atoms with E-state index >= 15 is 0 Å². The number of aromatic nitrogens is 2. The predicted octanol–water partition coefficient (Wildman–Crippen LogP) is 3.77. The number of thioether (sulfide) groups is 2. The molecule has 2 N–H and O–H groups in total. The van der Waals surface area contributed by atoms with Crippen molar-refractivity contribution in [3.8, 4) is 0 Å².